The van der Waals surface area contributed by atoms with Gasteiger partial charge in [0.1, 0.15) is 0 Å². The van der Waals surface area contributed by atoms with Crippen LogP contribution in [-0.2, 0) is 5.41 Å². The highest BCUT2D eigenvalue weighted by Crippen LogP contribution is 2.66. The van der Waals surface area contributed by atoms with Crippen molar-refractivity contribution in [1.29, 1.82) is 0 Å². The van der Waals surface area contributed by atoms with E-state index < -0.39 is 5.41 Å². The van der Waals surface area contributed by atoms with Gasteiger partial charge in [-0.1, -0.05) is 133 Å². The molecule has 0 fully saturated rings. The third-order valence-electron chi connectivity index (χ3n) is 10.9. The average molecular weight is 621 g/mol. The van der Waals surface area contributed by atoms with E-state index >= 15 is 0 Å². The van der Waals surface area contributed by atoms with Gasteiger partial charge in [-0.15, -0.1) is 0 Å². The van der Waals surface area contributed by atoms with Crippen molar-refractivity contribution in [2.75, 3.05) is 0 Å². The molecule has 9 aromatic rings. The molecule has 2 nitrogen and oxygen atoms in total. The summed E-state index contributed by atoms with van der Waals surface area (Å²) in [6.45, 7) is 0. The van der Waals surface area contributed by atoms with E-state index in [1.54, 1.807) is 0 Å². The molecule has 2 aliphatic carbocycles. The quantitative estimate of drug-likeness (QED) is 0.180. The zero-order valence-electron chi connectivity index (χ0n) is 26.6. The number of rotatable bonds is 2. The van der Waals surface area contributed by atoms with Crippen LogP contribution in [0, 0.1) is 0 Å². The van der Waals surface area contributed by atoms with E-state index in [-0.39, 0.29) is 0 Å². The van der Waals surface area contributed by atoms with Crippen molar-refractivity contribution in [3.63, 3.8) is 0 Å². The molecule has 0 N–H and O–H groups in total. The Kier molecular flexibility index (Phi) is 5.34. The highest BCUT2D eigenvalue weighted by Gasteiger charge is 2.53. The predicted molar refractivity (Wildman–Crippen MR) is 202 cm³/mol. The maximum Gasteiger partial charge on any atom is 0.0893 e. The molecule has 11 rings (SSSR count). The Morgan fingerprint density at radius 2 is 0.878 bits per heavy atom. The smallest absolute Gasteiger partial charge is 0.0893 e. The molecule has 0 radical (unpaired) electrons. The van der Waals surface area contributed by atoms with E-state index in [9.17, 15) is 0 Å². The summed E-state index contributed by atoms with van der Waals surface area (Å²) in [4.78, 5) is 9.91. The van der Waals surface area contributed by atoms with Gasteiger partial charge in [0, 0.05) is 11.8 Å². The lowest BCUT2D eigenvalue weighted by atomic mass is 9.68. The molecule has 0 unspecified atom stereocenters. The number of fused-ring (bicyclic) bond motifs is 17. The average Bonchev–Trinajstić information content (AvgIpc) is 3.66. The van der Waals surface area contributed by atoms with Gasteiger partial charge in [-0.05, 0) is 107 Å². The van der Waals surface area contributed by atoms with Gasteiger partial charge in [-0.3, -0.25) is 4.98 Å². The van der Waals surface area contributed by atoms with Gasteiger partial charge >= 0.3 is 0 Å². The van der Waals surface area contributed by atoms with E-state index in [0.29, 0.717) is 0 Å². The van der Waals surface area contributed by atoms with Crippen molar-refractivity contribution in [3.05, 3.63) is 192 Å². The van der Waals surface area contributed by atoms with E-state index in [2.05, 4.69) is 151 Å². The largest absolute Gasteiger partial charge is 0.255 e. The van der Waals surface area contributed by atoms with Crippen molar-refractivity contribution in [2.24, 2.45) is 0 Å². The van der Waals surface area contributed by atoms with Gasteiger partial charge in [-0.25, -0.2) is 4.98 Å². The van der Waals surface area contributed by atoms with Crippen LogP contribution in [0.3, 0.4) is 0 Å². The summed E-state index contributed by atoms with van der Waals surface area (Å²) in [5.41, 5.74) is 14.0. The summed E-state index contributed by atoms with van der Waals surface area (Å²) in [5.74, 6) is 0. The molecule has 2 aliphatic rings. The van der Waals surface area contributed by atoms with Crippen LogP contribution < -0.4 is 0 Å². The van der Waals surface area contributed by atoms with Crippen LogP contribution >= 0.6 is 0 Å². The topological polar surface area (TPSA) is 25.8 Å². The minimum absolute atomic E-state index is 0.515. The fourth-order valence-electron chi connectivity index (χ4n) is 9.11. The summed E-state index contributed by atoms with van der Waals surface area (Å²) >= 11 is 0. The monoisotopic (exact) mass is 620 g/mol. The molecular formula is C47H28N2. The number of hydrogen-bond donors (Lipinski definition) is 0. The number of benzene rings is 7. The highest BCUT2D eigenvalue weighted by atomic mass is 14.8. The minimum Gasteiger partial charge on any atom is -0.255 e. The molecule has 2 aromatic heterocycles. The molecule has 2 heteroatoms. The Morgan fingerprint density at radius 3 is 1.57 bits per heavy atom. The lowest BCUT2D eigenvalue weighted by Crippen LogP contribution is -2.26. The van der Waals surface area contributed by atoms with Crippen LogP contribution in [0.1, 0.15) is 22.3 Å². The standard InChI is InChI=1S/C47H28N2/c1-5-20-35-29(14-1)30-15-3-6-21-36(30)46-45(35)44-34-19-4-2-16-31(34)37(41-25-13-26-43(49-41)42-24-11-12-27-48-42)28-40(44)47(46)38-22-9-7-17-32(38)33-18-8-10-23-39(33)47/h1-28H. The first-order valence-corrected chi connectivity index (χ1v) is 16.9. The third-order valence-corrected chi connectivity index (χ3v) is 10.9. The normalized spacial score (nSPS) is 13.5. The van der Waals surface area contributed by atoms with Gasteiger partial charge in [0.25, 0.3) is 0 Å². The minimum atomic E-state index is -0.515. The zero-order valence-corrected chi connectivity index (χ0v) is 26.6. The van der Waals surface area contributed by atoms with E-state index in [1.807, 2.05) is 24.4 Å². The Balaban J connectivity index is 1.37. The van der Waals surface area contributed by atoms with Gasteiger partial charge in [-0.2, -0.15) is 0 Å². The predicted octanol–water partition coefficient (Wildman–Crippen LogP) is 11.6. The summed E-state index contributed by atoms with van der Waals surface area (Å²) in [5, 5.41) is 7.63. The Morgan fingerprint density at radius 1 is 0.347 bits per heavy atom. The second-order valence-corrected chi connectivity index (χ2v) is 13.2. The summed E-state index contributed by atoms with van der Waals surface area (Å²) in [6, 6.07) is 59.9. The van der Waals surface area contributed by atoms with Crippen molar-refractivity contribution in [3.8, 4) is 44.9 Å². The molecule has 2 heterocycles. The van der Waals surface area contributed by atoms with Crippen molar-refractivity contribution in [1.82, 2.24) is 9.97 Å². The molecule has 226 valence electrons. The Hall–Kier alpha value is -6.38. The van der Waals surface area contributed by atoms with Crippen molar-refractivity contribution < 1.29 is 0 Å². The molecule has 0 saturated heterocycles. The molecule has 0 saturated carbocycles. The zero-order chi connectivity index (χ0) is 32.1. The lowest BCUT2D eigenvalue weighted by molar-refractivity contribution is 0.802. The molecule has 7 aromatic carbocycles. The Bertz CT molecular complexity index is 2790. The van der Waals surface area contributed by atoms with Crippen LogP contribution in [0.4, 0.5) is 0 Å². The third kappa shape index (κ3) is 3.40. The molecule has 0 amide bonds. The van der Waals surface area contributed by atoms with Crippen LogP contribution in [-0.4, -0.2) is 9.97 Å². The molecule has 0 atom stereocenters. The van der Waals surface area contributed by atoms with E-state index in [0.717, 1.165) is 22.6 Å². The fraction of sp³-hybridized carbons (Fsp3) is 0.0213. The first-order chi connectivity index (χ1) is 24.3. The Labute approximate surface area is 284 Å². The van der Waals surface area contributed by atoms with Crippen molar-refractivity contribution in [2.45, 2.75) is 5.41 Å². The maximum absolute atomic E-state index is 5.28. The molecule has 1 spiro atoms. The second kappa shape index (κ2) is 9.82. The number of nitrogens with zero attached hydrogens (tertiary/aromatic N) is 2. The summed E-state index contributed by atoms with van der Waals surface area (Å²) in [7, 11) is 0. The van der Waals surface area contributed by atoms with Gasteiger partial charge < -0.3 is 0 Å². The van der Waals surface area contributed by atoms with Crippen LogP contribution in [0.5, 0.6) is 0 Å². The SMILES string of the molecule is c1ccc(-c2cccc(-c3cc4c(c5ccccc35)-c3c(c5ccccc5c5ccccc35)C43c4ccccc4-c4ccccc43)n2)nc1. The van der Waals surface area contributed by atoms with E-state index in [4.69, 9.17) is 4.98 Å². The van der Waals surface area contributed by atoms with Gasteiger partial charge in [0.2, 0.25) is 0 Å². The molecular weight excluding hydrogens is 593 g/mol. The maximum atomic E-state index is 5.28. The number of pyridine rings is 2. The first-order valence-electron chi connectivity index (χ1n) is 16.9. The molecule has 0 bridgehead atoms. The molecule has 49 heavy (non-hydrogen) atoms. The van der Waals surface area contributed by atoms with E-state index in [1.165, 1.54) is 76.8 Å². The summed E-state index contributed by atoms with van der Waals surface area (Å²) in [6.07, 6.45) is 1.83. The van der Waals surface area contributed by atoms with Crippen LogP contribution in [0.25, 0.3) is 77.2 Å². The fourth-order valence-corrected chi connectivity index (χ4v) is 9.11. The van der Waals surface area contributed by atoms with Crippen LogP contribution in [0.2, 0.25) is 0 Å². The second-order valence-electron chi connectivity index (χ2n) is 13.2. The first kappa shape index (κ1) is 26.7. The number of aromatic nitrogens is 2. The lowest BCUT2D eigenvalue weighted by Gasteiger charge is -2.32. The molecule has 0 aliphatic heterocycles. The van der Waals surface area contributed by atoms with Gasteiger partial charge in [0.05, 0.1) is 22.5 Å². The highest BCUT2D eigenvalue weighted by molar-refractivity contribution is 6.23. The van der Waals surface area contributed by atoms with Crippen LogP contribution in [0.15, 0.2) is 170 Å². The summed E-state index contributed by atoms with van der Waals surface area (Å²) < 4.78 is 0. The number of hydrogen-bond acceptors (Lipinski definition) is 2. The van der Waals surface area contributed by atoms with Gasteiger partial charge in [0.15, 0.2) is 0 Å². The van der Waals surface area contributed by atoms with Crippen molar-refractivity contribution >= 4 is 32.3 Å².